The van der Waals surface area contributed by atoms with Gasteiger partial charge >= 0.3 is 5.63 Å². The van der Waals surface area contributed by atoms with Crippen LogP contribution in [0.25, 0.3) is 11.0 Å². The predicted molar refractivity (Wildman–Crippen MR) is 148 cm³/mol. The number of aliphatic hydroxyl groups excluding tert-OH is 1. The third-order valence-corrected chi connectivity index (χ3v) is 11.4. The number of ketones is 2. The molecule has 0 spiro atoms. The fourth-order valence-electron chi connectivity index (χ4n) is 9.54. The number of aromatic hydroxyl groups is 1. The number of Topliss-reactive ketones (excluding diaryl/α,β-unsaturated/α-hetero) is 1. The lowest BCUT2D eigenvalue weighted by Gasteiger charge is -2.61. The van der Waals surface area contributed by atoms with Crippen LogP contribution in [0, 0.1) is 34.5 Å². The van der Waals surface area contributed by atoms with Crippen molar-refractivity contribution < 1.29 is 33.7 Å². The van der Waals surface area contributed by atoms with Crippen molar-refractivity contribution in [2.24, 2.45) is 34.5 Å². The maximum Gasteiger partial charge on any atom is 0.336 e. The molecule has 214 valence electrons. The van der Waals surface area contributed by atoms with E-state index in [-0.39, 0.29) is 63.7 Å². The number of hydrogen-bond donors (Lipinski definition) is 2. The van der Waals surface area contributed by atoms with Gasteiger partial charge < -0.3 is 24.1 Å². The van der Waals surface area contributed by atoms with E-state index in [0.717, 1.165) is 24.0 Å². The Labute approximate surface area is 233 Å². The summed E-state index contributed by atoms with van der Waals surface area (Å²) in [7, 11) is 2.94. The largest absolute Gasteiger partial charge is 0.502 e. The summed E-state index contributed by atoms with van der Waals surface area (Å²) in [5, 5.41) is 23.2. The Morgan fingerprint density at radius 3 is 2.45 bits per heavy atom. The number of rotatable bonds is 4. The zero-order valence-corrected chi connectivity index (χ0v) is 23.8. The lowest BCUT2D eigenvalue weighted by molar-refractivity contribution is -0.150. The monoisotopic (exact) mass is 550 g/mol. The van der Waals surface area contributed by atoms with Gasteiger partial charge in [0.1, 0.15) is 5.78 Å². The summed E-state index contributed by atoms with van der Waals surface area (Å²) in [4.78, 5) is 37.9. The van der Waals surface area contributed by atoms with Crippen LogP contribution in [0.1, 0.15) is 70.8 Å². The van der Waals surface area contributed by atoms with Crippen LogP contribution in [0.2, 0.25) is 0 Å². The highest BCUT2D eigenvalue weighted by Gasteiger charge is 2.64. The fourth-order valence-corrected chi connectivity index (χ4v) is 9.54. The molecule has 6 rings (SSSR count). The average Bonchev–Trinajstić information content (AvgIpc) is 3.29. The lowest BCUT2D eigenvalue weighted by Crippen LogP contribution is -2.58. The molecule has 3 fully saturated rings. The normalized spacial score (nSPS) is 36.9. The molecule has 40 heavy (non-hydrogen) atoms. The van der Waals surface area contributed by atoms with Crippen molar-refractivity contribution in [2.75, 3.05) is 14.2 Å². The topological polar surface area (TPSA) is 123 Å². The number of methoxy groups -OCH3 is 2. The number of carbonyl (C=O) groups excluding carboxylic acids is 2. The Kier molecular flexibility index (Phi) is 6.22. The van der Waals surface area contributed by atoms with Crippen LogP contribution in [0.4, 0.5) is 0 Å². The molecule has 8 atom stereocenters. The number of allylic oxidation sites excluding steroid dienone is 1. The summed E-state index contributed by atoms with van der Waals surface area (Å²) in [5.41, 5.74) is 0.255. The van der Waals surface area contributed by atoms with E-state index in [1.54, 1.807) is 19.1 Å². The van der Waals surface area contributed by atoms with Crippen LogP contribution in [0.3, 0.4) is 0 Å². The highest BCUT2D eigenvalue weighted by Crippen LogP contribution is 2.69. The van der Waals surface area contributed by atoms with Crippen molar-refractivity contribution in [1.29, 1.82) is 0 Å². The van der Waals surface area contributed by atoms with E-state index < -0.39 is 17.1 Å². The van der Waals surface area contributed by atoms with E-state index >= 15 is 0 Å². The minimum absolute atomic E-state index is 0.0214. The van der Waals surface area contributed by atoms with Crippen LogP contribution in [0.15, 0.2) is 33.0 Å². The summed E-state index contributed by atoms with van der Waals surface area (Å²) in [6, 6.07) is 2.97. The van der Waals surface area contributed by atoms with Crippen molar-refractivity contribution in [1.82, 2.24) is 0 Å². The SMILES string of the molecule is COc1c(OC)c(O)c2oc(=O)ccc2c1C1C[C@H]2[C@@H]3CCC(C(C)=O)[C@@]3(C)[C@H](O)C[C@@H]2[C@@]2(C)CCC(=O)C=C12. The molecule has 8 nitrogen and oxygen atoms in total. The van der Waals surface area contributed by atoms with Crippen molar-refractivity contribution in [3.63, 3.8) is 0 Å². The molecule has 0 saturated heterocycles. The second-order valence-electron chi connectivity index (χ2n) is 12.8. The molecule has 0 aliphatic heterocycles. The second-order valence-corrected chi connectivity index (χ2v) is 12.8. The molecule has 3 saturated carbocycles. The quantitative estimate of drug-likeness (QED) is 0.515. The second kappa shape index (κ2) is 9.20. The maximum atomic E-state index is 12.9. The number of phenols is 1. The van der Waals surface area contributed by atoms with Crippen molar-refractivity contribution >= 4 is 22.5 Å². The molecule has 8 heteroatoms. The highest BCUT2D eigenvalue weighted by atomic mass is 16.5. The minimum Gasteiger partial charge on any atom is -0.502 e. The zero-order valence-electron chi connectivity index (χ0n) is 23.8. The molecule has 2 unspecified atom stereocenters. The number of phenolic OH excluding ortho intramolecular Hbond substituents is 1. The van der Waals surface area contributed by atoms with Crippen LogP contribution in [-0.2, 0) is 9.59 Å². The maximum absolute atomic E-state index is 12.9. The fraction of sp³-hybridized carbons (Fsp3) is 0.594. The molecule has 4 aliphatic rings. The molecule has 2 aromatic rings. The number of aliphatic hydroxyl groups is 1. The standard InChI is InChI=1S/C32H38O8/c1-15(33)20-7-8-21-18-13-19(22-12-16(34)10-11-31(22,2)23(18)14-24(35)32(20,21)3)26-17-6-9-25(36)40-28(17)27(37)30(39-5)29(26)38-4/h6,9,12,18-21,23-24,35,37H,7-8,10-11,13-14H2,1-5H3/t18-,19?,20?,21-,23-,24+,31-,32+/m0/s1. The van der Waals surface area contributed by atoms with E-state index in [1.165, 1.54) is 20.3 Å². The van der Waals surface area contributed by atoms with E-state index in [1.807, 2.05) is 0 Å². The minimum atomic E-state index is -0.597. The van der Waals surface area contributed by atoms with Crippen LogP contribution >= 0.6 is 0 Å². The van der Waals surface area contributed by atoms with Gasteiger partial charge in [0.2, 0.25) is 11.5 Å². The summed E-state index contributed by atoms with van der Waals surface area (Å²) < 4.78 is 17.0. The first-order valence-electron chi connectivity index (χ1n) is 14.3. The first kappa shape index (κ1) is 27.1. The average molecular weight is 551 g/mol. The smallest absolute Gasteiger partial charge is 0.336 e. The number of carbonyl (C=O) groups is 2. The molecular weight excluding hydrogens is 512 g/mol. The number of fused-ring (bicyclic) bond motifs is 6. The highest BCUT2D eigenvalue weighted by molar-refractivity contribution is 5.95. The molecule has 1 aromatic heterocycles. The zero-order chi connectivity index (χ0) is 28.7. The lowest BCUT2D eigenvalue weighted by atomic mass is 9.44. The first-order valence-corrected chi connectivity index (χ1v) is 14.3. The number of ether oxygens (including phenoxy) is 2. The van der Waals surface area contributed by atoms with Gasteiger partial charge in [-0.05, 0) is 74.3 Å². The summed E-state index contributed by atoms with van der Waals surface area (Å²) in [6.45, 7) is 5.95. The van der Waals surface area contributed by atoms with Gasteiger partial charge in [0.15, 0.2) is 17.1 Å². The Morgan fingerprint density at radius 1 is 1.05 bits per heavy atom. The van der Waals surface area contributed by atoms with E-state index in [9.17, 15) is 24.6 Å². The van der Waals surface area contributed by atoms with Gasteiger partial charge in [-0.25, -0.2) is 4.79 Å². The van der Waals surface area contributed by atoms with Crippen molar-refractivity contribution in [3.8, 4) is 17.2 Å². The van der Waals surface area contributed by atoms with Gasteiger partial charge in [-0.1, -0.05) is 19.4 Å². The van der Waals surface area contributed by atoms with Gasteiger partial charge in [-0.2, -0.15) is 0 Å². The van der Waals surface area contributed by atoms with Gasteiger partial charge in [-0.15, -0.1) is 0 Å². The first-order chi connectivity index (χ1) is 19.0. The molecule has 0 amide bonds. The van der Waals surface area contributed by atoms with Crippen molar-refractivity contribution in [2.45, 2.75) is 71.3 Å². The van der Waals surface area contributed by atoms with Gasteiger partial charge in [-0.3, -0.25) is 9.59 Å². The third-order valence-electron chi connectivity index (χ3n) is 11.4. The van der Waals surface area contributed by atoms with Gasteiger partial charge in [0.25, 0.3) is 0 Å². The Bertz CT molecular complexity index is 1500. The number of benzene rings is 1. The number of hydrogen-bond acceptors (Lipinski definition) is 8. The predicted octanol–water partition coefficient (Wildman–Crippen LogP) is 4.92. The molecular formula is C32H38O8. The van der Waals surface area contributed by atoms with Crippen LogP contribution < -0.4 is 15.1 Å². The Morgan fingerprint density at radius 2 is 1.77 bits per heavy atom. The molecule has 1 aromatic carbocycles. The Hall–Kier alpha value is -3.13. The molecule has 4 aliphatic carbocycles. The third kappa shape index (κ3) is 3.50. The van der Waals surface area contributed by atoms with Crippen molar-refractivity contribution in [3.05, 3.63) is 39.8 Å². The molecule has 0 bridgehead atoms. The molecule has 2 N–H and O–H groups in total. The molecule has 1 heterocycles. The van der Waals surface area contributed by atoms with E-state index in [4.69, 9.17) is 13.9 Å². The van der Waals surface area contributed by atoms with Gasteiger partial charge in [0, 0.05) is 40.7 Å². The van der Waals surface area contributed by atoms with E-state index in [0.29, 0.717) is 36.8 Å². The van der Waals surface area contributed by atoms with E-state index in [2.05, 4.69) is 13.8 Å². The molecule has 0 radical (unpaired) electrons. The summed E-state index contributed by atoms with van der Waals surface area (Å²) in [6.07, 6.45) is 5.19. The van der Waals surface area contributed by atoms with Gasteiger partial charge in [0.05, 0.1) is 20.3 Å². The summed E-state index contributed by atoms with van der Waals surface area (Å²) in [5.74, 6) is 0.326. The summed E-state index contributed by atoms with van der Waals surface area (Å²) >= 11 is 0. The Balaban J connectivity index is 1.61. The van der Waals surface area contributed by atoms with Crippen LogP contribution in [-0.4, -0.2) is 42.1 Å². The van der Waals surface area contributed by atoms with Crippen LogP contribution in [0.5, 0.6) is 17.2 Å².